The molecule has 0 saturated heterocycles. The number of carbonyl (C=O) groups excluding carboxylic acids is 2. The Labute approximate surface area is 206 Å². The maximum atomic E-state index is 10.7. The molecule has 17 heavy (non-hydrogen) atoms. The molecule has 1 rings (SSSR count). The third-order valence-electron chi connectivity index (χ3n) is 1.46. The number of rotatable bonds is 2. The second-order valence-electron chi connectivity index (χ2n) is 2.71. The van der Waals surface area contributed by atoms with E-state index < -0.39 is 5.97 Å². The van der Waals surface area contributed by atoms with Crippen LogP contribution in [0.5, 0.6) is 0 Å². The fourth-order valence-electron chi connectivity index (χ4n) is 0.992. The molecule has 0 spiro atoms. The fourth-order valence-corrected chi connectivity index (χ4v) is 1.25. The molecule has 8 heteroatoms. The van der Waals surface area contributed by atoms with Crippen LogP contribution in [0.4, 0.5) is 5.69 Å². The van der Waals surface area contributed by atoms with Crippen molar-refractivity contribution in [1.29, 1.82) is 0 Å². The van der Waals surface area contributed by atoms with Crippen LogP contribution in [0, 0.1) is 0 Å². The van der Waals surface area contributed by atoms with E-state index in [1.807, 2.05) is 0 Å². The minimum absolute atomic E-state index is 0. The van der Waals surface area contributed by atoms with E-state index >= 15 is 0 Å². The Morgan fingerprint density at radius 2 is 1.82 bits per heavy atom. The molecule has 0 heterocycles. The standard InChI is InChI=1S/C9H9NO3S.Au.2K/c1-5(11)10-7-2-6(9(12)13)3-8(14)4-7;;;/h2-4,14H,1H3,(H,10,11)(H,12,13);;;/q;+1;;+1/p-2. The summed E-state index contributed by atoms with van der Waals surface area (Å²) < 4.78 is 0. The fraction of sp³-hybridized carbons (Fsp3) is 0.111. The van der Waals surface area contributed by atoms with Crippen molar-refractivity contribution < 1.29 is 88.5 Å². The Hall–Kier alpha value is 2.39. The van der Waals surface area contributed by atoms with Crippen molar-refractivity contribution in [3.8, 4) is 0 Å². The molecule has 1 radical (unpaired) electrons. The molecule has 1 amide bonds. The van der Waals surface area contributed by atoms with Gasteiger partial charge >= 0.3 is 73.8 Å². The number of benzene rings is 1. The van der Waals surface area contributed by atoms with E-state index in [9.17, 15) is 14.7 Å². The SMILES string of the molecule is CC(=O)Nc1cc([S-])cc(C(=O)[O-])c1.[Au+].[K+].[K]. The summed E-state index contributed by atoms with van der Waals surface area (Å²) in [6, 6.07) is 4.10. The van der Waals surface area contributed by atoms with Gasteiger partial charge in [0.1, 0.15) is 0 Å². The Balaban J connectivity index is -0.000000653. The molecule has 4 nitrogen and oxygen atoms in total. The Morgan fingerprint density at radius 3 is 2.24 bits per heavy atom. The number of carboxylic acids is 1. The number of carbonyl (C=O) groups is 2. The van der Waals surface area contributed by atoms with E-state index in [1.54, 1.807) is 0 Å². The second kappa shape index (κ2) is 12.2. The predicted molar refractivity (Wildman–Crippen MR) is 56.5 cm³/mol. The Morgan fingerprint density at radius 1 is 1.29 bits per heavy atom. The van der Waals surface area contributed by atoms with E-state index in [-0.39, 0.29) is 137 Å². The number of nitrogens with one attached hydrogen (secondary N) is 1. The van der Waals surface area contributed by atoms with Gasteiger partial charge in [-0.25, -0.2) is 0 Å². The molecule has 0 fully saturated rings. The molecule has 0 unspecified atom stereocenters. The van der Waals surface area contributed by atoms with Crippen molar-refractivity contribution in [2.75, 3.05) is 5.32 Å². The number of aromatic carboxylic acids is 1. The molecule has 1 N–H and O–H groups in total. The van der Waals surface area contributed by atoms with Crippen LogP contribution in [-0.4, -0.2) is 63.3 Å². The number of hydrogen-bond acceptors (Lipinski definition) is 4. The summed E-state index contributed by atoms with van der Waals surface area (Å²) >= 11 is 4.82. The van der Waals surface area contributed by atoms with E-state index in [4.69, 9.17) is 12.6 Å². The molecule has 0 atom stereocenters. The quantitative estimate of drug-likeness (QED) is 0.350. The normalized spacial score (nSPS) is 7.82. The van der Waals surface area contributed by atoms with Crippen molar-refractivity contribution in [1.82, 2.24) is 0 Å². The van der Waals surface area contributed by atoms with Gasteiger partial charge in [-0.15, -0.1) is 0 Å². The maximum absolute atomic E-state index is 10.7. The van der Waals surface area contributed by atoms with Gasteiger partial charge in [-0.3, -0.25) is 4.79 Å². The van der Waals surface area contributed by atoms with Crippen LogP contribution in [-0.2, 0) is 39.8 Å². The molecule has 0 aliphatic rings. The summed E-state index contributed by atoms with van der Waals surface area (Å²) in [5, 5.41) is 13.0. The van der Waals surface area contributed by atoms with Gasteiger partial charge in [0.15, 0.2) is 0 Å². The first-order valence-electron chi connectivity index (χ1n) is 3.80. The Bertz CT molecular complexity index is 404. The largest absolute Gasteiger partial charge is 1.00 e. The summed E-state index contributed by atoms with van der Waals surface area (Å²) in [7, 11) is 0. The average molecular weight is 484 g/mol. The minimum Gasteiger partial charge on any atom is -0.780 e. The average Bonchev–Trinajstić information content (AvgIpc) is 2.01. The van der Waals surface area contributed by atoms with Gasteiger partial charge in [-0.1, -0.05) is 12.1 Å². The second-order valence-corrected chi connectivity index (χ2v) is 3.19. The molecule has 1 aromatic carbocycles. The number of carboxylic acid groups (broad SMARTS) is 1. The van der Waals surface area contributed by atoms with Crippen LogP contribution in [0.2, 0.25) is 0 Å². The number of hydrogen-bond donors (Lipinski definition) is 1. The molecular weight excluding hydrogens is 477 g/mol. The van der Waals surface area contributed by atoms with E-state index in [0.29, 0.717) is 10.6 Å². The van der Waals surface area contributed by atoms with Crippen molar-refractivity contribution in [3.63, 3.8) is 0 Å². The van der Waals surface area contributed by atoms with Crippen molar-refractivity contribution in [2.24, 2.45) is 0 Å². The minimum atomic E-state index is -1.32. The Kier molecular flexibility index (Phi) is 17.5. The van der Waals surface area contributed by atoms with Gasteiger partial charge < -0.3 is 27.8 Å². The van der Waals surface area contributed by atoms with Gasteiger partial charge in [0, 0.05) is 64.0 Å². The first-order valence-corrected chi connectivity index (χ1v) is 4.21. The van der Waals surface area contributed by atoms with Gasteiger partial charge in [-0.2, -0.15) is 4.90 Å². The maximum Gasteiger partial charge on any atom is 1.00 e. The number of amides is 1. The molecule has 85 valence electrons. The van der Waals surface area contributed by atoms with Crippen LogP contribution in [0.3, 0.4) is 0 Å². The molecule has 0 saturated carbocycles. The number of anilines is 1. The summed E-state index contributed by atoms with van der Waals surface area (Å²) in [6.07, 6.45) is 0. The third kappa shape index (κ3) is 9.86. The van der Waals surface area contributed by atoms with Gasteiger partial charge in [0.05, 0.1) is 5.97 Å². The van der Waals surface area contributed by atoms with Gasteiger partial charge in [0.25, 0.3) is 0 Å². The first-order chi connectivity index (χ1) is 6.49. The van der Waals surface area contributed by atoms with Crippen LogP contribution in [0.1, 0.15) is 17.3 Å². The van der Waals surface area contributed by atoms with Crippen molar-refractivity contribution >= 4 is 81.6 Å². The van der Waals surface area contributed by atoms with Crippen LogP contribution in [0.25, 0.3) is 0 Å². The van der Waals surface area contributed by atoms with E-state index in [1.165, 1.54) is 25.1 Å². The summed E-state index contributed by atoms with van der Waals surface area (Å²) in [5.74, 6) is -1.60. The van der Waals surface area contributed by atoms with E-state index in [2.05, 4.69) is 5.32 Å². The van der Waals surface area contributed by atoms with Crippen LogP contribution in [0.15, 0.2) is 23.1 Å². The van der Waals surface area contributed by atoms with Crippen molar-refractivity contribution in [2.45, 2.75) is 11.8 Å². The van der Waals surface area contributed by atoms with Gasteiger partial charge in [-0.05, 0) is 11.6 Å². The topological polar surface area (TPSA) is 69.2 Å². The first kappa shape index (κ1) is 24.4. The summed E-state index contributed by atoms with van der Waals surface area (Å²) in [6.45, 7) is 1.33. The molecule has 0 aliphatic heterocycles. The predicted octanol–water partition coefficient (Wildman–Crippen LogP) is -3.46. The third-order valence-corrected chi connectivity index (χ3v) is 1.70. The molecule has 0 bridgehead atoms. The molecular formula is C9H7AuK2NO3S. The zero-order valence-electron chi connectivity index (χ0n) is 9.67. The zero-order valence-corrected chi connectivity index (χ0v) is 18.9. The molecule has 1 aromatic rings. The summed E-state index contributed by atoms with van der Waals surface area (Å²) in [5.41, 5.74) is 0.324. The van der Waals surface area contributed by atoms with E-state index in [0.717, 1.165) is 0 Å². The van der Waals surface area contributed by atoms with Crippen LogP contribution >= 0.6 is 0 Å². The summed E-state index contributed by atoms with van der Waals surface area (Å²) in [4.78, 5) is 21.6. The van der Waals surface area contributed by atoms with Crippen LogP contribution < -0.4 is 61.8 Å². The zero-order chi connectivity index (χ0) is 10.7. The molecule has 0 aliphatic carbocycles. The monoisotopic (exact) mass is 484 g/mol. The smallest absolute Gasteiger partial charge is 0.780 e. The van der Waals surface area contributed by atoms with Crippen molar-refractivity contribution in [3.05, 3.63) is 23.8 Å². The van der Waals surface area contributed by atoms with Gasteiger partial charge in [0.2, 0.25) is 5.91 Å². The molecule has 0 aromatic heterocycles.